The highest BCUT2D eigenvalue weighted by Crippen LogP contribution is 2.30. The van der Waals surface area contributed by atoms with E-state index in [1.54, 1.807) is 30.3 Å². The van der Waals surface area contributed by atoms with Crippen LogP contribution in [-0.2, 0) is 4.79 Å². The van der Waals surface area contributed by atoms with Gasteiger partial charge in [-0.2, -0.15) is 5.10 Å². The number of nitro benzene ring substituents is 1. The lowest BCUT2D eigenvalue weighted by Crippen LogP contribution is -2.41. The number of carbonyl (C=O) groups is 1. The summed E-state index contributed by atoms with van der Waals surface area (Å²) in [7, 11) is 0. The molecule has 2 aromatic carbocycles. The molecule has 3 N–H and O–H groups in total. The molecule has 1 amide bonds. The number of nitrogens with zero attached hydrogens (tertiary/aromatic N) is 2. The number of carbonyl (C=O) groups excluding carboxylic acids is 1. The Bertz CT molecular complexity index is 889. The number of hydrazine groups is 1. The van der Waals surface area contributed by atoms with Crippen LogP contribution in [0.4, 0.5) is 5.69 Å². The summed E-state index contributed by atoms with van der Waals surface area (Å²) in [5, 5.41) is 15.6. The Morgan fingerprint density at radius 2 is 1.96 bits per heavy atom. The van der Waals surface area contributed by atoms with E-state index < -0.39 is 11.0 Å². The number of nitrogens with one attached hydrogen (secondary N) is 3. The zero-order chi connectivity index (χ0) is 19.4. The van der Waals surface area contributed by atoms with Crippen LogP contribution in [0.5, 0.6) is 0 Å². The number of hydrogen-bond acceptors (Lipinski definition) is 6. The molecule has 1 heterocycles. The first-order valence-electron chi connectivity index (χ1n) is 7.97. The Balaban J connectivity index is 1.56. The minimum absolute atomic E-state index is 0.0110. The van der Waals surface area contributed by atoms with Crippen LogP contribution < -0.4 is 16.3 Å². The second-order valence-electron chi connectivity index (χ2n) is 5.88. The number of halogens is 2. The summed E-state index contributed by atoms with van der Waals surface area (Å²) in [5.41, 5.74) is 9.80. The summed E-state index contributed by atoms with van der Waals surface area (Å²) < 4.78 is 0. The van der Waals surface area contributed by atoms with Crippen molar-refractivity contribution in [1.29, 1.82) is 0 Å². The maximum Gasteiger partial charge on any atom is 0.269 e. The molecule has 3 rings (SSSR count). The molecule has 0 saturated carbocycles. The van der Waals surface area contributed by atoms with E-state index >= 15 is 0 Å². The van der Waals surface area contributed by atoms with Crippen LogP contribution in [0, 0.1) is 10.1 Å². The first-order valence-corrected chi connectivity index (χ1v) is 8.73. The smallest absolute Gasteiger partial charge is 0.269 e. The van der Waals surface area contributed by atoms with Crippen LogP contribution in [0.2, 0.25) is 10.0 Å². The van der Waals surface area contributed by atoms with Gasteiger partial charge in [0.2, 0.25) is 0 Å². The predicted octanol–water partition coefficient (Wildman–Crippen LogP) is 2.96. The summed E-state index contributed by atoms with van der Waals surface area (Å²) in [6.45, 7) is 0. The molecule has 1 aliphatic rings. The third-order valence-electron chi connectivity index (χ3n) is 4.05. The van der Waals surface area contributed by atoms with Gasteiger partial charge in [-0.1, -0.05) is 23.2 Å². The third kappa shape index (κ3) is 4.81. The van der Waals surface area contributed by atoms with Crippen molar-refractivity contribution in [2.45, 2.75) is 18.5 Å². The second kappa shape index (κ2) is 8.45. The monoisotopic (exact) mass is 407 g/mol. The molecule has 1 aliphatic heterocycles. The van der Waals surface area contributed by atoms with Gasteiger partial charge in [-0.15, -0.1) is 0 Å². The molecule has 0 radical (unpaired) electrons. The first kappa shape index (κ1) is 19.2. The first-order chi connectivity index (χ1) is 12.9. The van der Waals surface area contributed by atoms with Crippen LogP contribution in [-0.4, -0.2) is 23.1 Å². The van der Waals surface area contributed by atoms with E-state index in [1.807, 2.05) is 0 Å². The van der Waals surface area contributed by atoms with Crippen LogP contribution in [0.1, 0.15) is 23.6 Å². The highest BCUT2D eigenvalue weighted by atomic mass is 35.5. The second-order valence-corrected chi connectivity index (χ2v) is 6.72. The summed E-state index contributed by atoms with van der Waals surface area (Å²) >= 11 is 12.2. The summed E-state index contributed by atoms with van der Waals surface area (Å²) in [6, 6.07) is 10.3. The number of amides is 1. The van der Waals surface area contributed by atoms with Gasteiger partial charge in [0.15, 0.2) is 0 Å². The number of nitro groups is 1. The van der Waals surface area contributed by atoms with Gasteiger partial charge in [0.1, 0.15) is 6.04 Å². The molecule has 1 saturated heterocycles. The Morgan fingerprint density at radius 1 is 1.22 bits per heavy atom. The molecule has 0 aliphatic carbocycles. The zero-order valence-corrected chi connectivity index (χ0v) is 15.4. The maximum absolute atomic E-state index is 12.2. The average molecular weight is 408 g/mol. The van der Waals surface area contributed by atoms with Crippen molar-refractivity contribution in [2.75, 3.05) is 0 Å². The molecule has 8 nitrogen and oxygen atoms in total. The maximum atomic E-state index is 12.2. The molecule has 2 unspecified atom stereocenters. The Kier molecular flexibility index (Phi) is 6.02. The highest BCUT2D eigenvalue weighted by Gasteiger charge is 2.31. The molecule has 140 valence electrons. The van der Waals surface area contributed by atoms with E-state index in [9.17, 15) is 14.9 Å². The number of non-ortho nitro benzene ring substituents is 1. The van der Waals surface area contributed by atoms with Gasteiger partial charge in [0, 0.05) is 28.2 Å². The van der Waals surface area contributed by atoms with Gasteiger partial charge < -0.3 is 0 Å². The van der Waals surface area contributed by atoms with Gasteiger partial charge in [-0.25, -0.2) is 16.3 Å². The molecular formula is C17H15Cl2N5O3. The average Bonchev–Trinajstić information content (AvgIpc) is 3.14. The van der Waals surface area contributed by atoms with Gasteiger partial charge in [-0.05, 0) is 47.9 Å². The minimum atomic E-state index is -0.501. The van der Waals surface area contributed by atoms with Crippen molar-refractivity contribution in [1.82, 2.24) is 16.3 Å². The largest absolute Gasteiger partial charge is 0.271 e. The topological polar surface area (TPSA) is 109 Å². The van der Waals surface area contributed by atoms with E-state index in [4.69, 9.17) is 23.2 Å². The van der Waals surface area contributed by atoms with Crippen molar-refractivity contribution >= 4 is 41.0 Å². The summed E-state index contributed by atoms with van der Waals surface area (Å²) in [6.07, 6.45) is 1.88. The minimum Gasteiger partial charge on any atom is -0.271 e. The van der Waals surface area contributed by atoms with Crippen molar-refractivity contribution in [3.8, 4) is 0 Å². The van der Waals surface area contributed by atoms with E-state index in [2.05, 4.69) is 21.4 Å². The number of hydrazone groups is 1. The summed E-state index contributed by atoms with van der Waals surface area (Å²) in [4.78, 5) is 22.4. The normalized spacial score (nSPS) is 19.3. The quantitative estimate of drug-likeness (QED) is 0.401. The van der Waals surface area contributed by atoms with Crippen molar-refractivity contribution < 1.29 is 9.72 Å². The third-order valence-corrected chi connectivity index (χ3v) is 4.62. The van der Waals surface area contributed by atoms with E-state index in [-0.39, 0.29) is 17.6 Å². The van der Waals surface area contributed by atoms with E-state index in [1.165, 1.54) is 18.3 Å². The van der Waals surface area contributed by atoms with Gasteiger partial charge in [0.05, 0.1) is 11.1 Å². The van der Waals surface area contributed by atoms with Crippen LogP contribution >= 0.6 is 23.2 Å². The van der Waals surface area contributed by atoms with E-state index in [0.29, 0.717) is 22.0 Å². The fourth-order valence-corrected chi connectivity index (χ4v) is 3.07. The fraction of sp³-hybridized carbons (Fsp3) is 0.176. The Labute approximate surface area is 164 Å². The van der Waals surface area contributed by atoms with Gasteiger partial charge >= 0.3 is 0 Å². The lowest BCUT2D eigenvalue weighted by molar-refractivity contribution is -0.384. The molecule has 0 bridgehead atoms. The molecule has 0 spiro atoms. The number of rotatable bonds is 5. The van der Waals surface area contributed by atoms with Crippen LogP contribution in [0.25, 0.3) is 0 Å². The molecule has 1 fully saturated rings. The highest BCUT2D eigenvalue weighted by molar-refractivity contribution is 6.33. The van der Waals surface area contributed by atoms with Crippen LogP contribution in [0.15, 0.2) is 47.6 Å². The molecule has 2 atom stereocenters. The molecule has 0 aromatic heterocycles. The lowest BCUT2D eigenvalue weighted by Gasteiger charge is -2.12. The molecule has 27 heavy (non-hydrogen) atoms. The van der Waals surface area contributed by atoms with Crippen molar-refractivity contribution in [3.05, 3.63) is 73.8 Å². The summed E-state index contributed by atoms with van der Waals surface area (Å²) in [5.74, 6) is -0.318. The van der Waals surface area contributed by atoms with Gasteiger partial charge in [-0.3, -0.25) is 14.9 Å². The van der Waals surface area contributed by atoms with Crippen molar-refractivity contribution in [2.24, 2.45) is 5.10 Å². The fourth-order valence-electron chi connectivity index (χ4n) is 2.64. The Hall–Kier alpha value is -2.52. The molecule has 10 heteroatoms. The lowest BCUT2D eigenvalue weighted by atomic mass is 10.0. The molecular weight excluding hydrogens is 393 g/mol. The van der Waals surface area contributed by atoms with Gasteiger partial charge in [0.25, 0.3) is 11.6 Å². The van der Waals surface area contributed by atoms with Crippen molar-refractivity contribution in [3.63, 3.8) is 0 Å². The molecule has 2 aromatic rings. The van der Waals surface area contributed by atoms with Crippen LogP contribution in [0.3, 0.4) is 0 Å². The number of hydrogen-bond donors (Lipinski definition) is 3. The predicted molar refractivity (Wildman–Crippen MR) is 103 cm³/mol. The number of benzene rings is 2. The standard InChI is InChI=1S/C17H15Cl2N5O3/c18-11-3-6-14(19)13(7-11)15-8-16(22-21-15)17(25)23-20-9-10-1-4-12(5-2-10)24(26)27/h1-7,9,15-16,21-22H,8H2,(H,23,25)/b20-9+. The zero-order valence-electron chi connectivity index (χ0n) is 13.9. The SMILES string of the molecule is O=C(N/N=C/c1ccc([N+](=O)[O-])cc1)C1CC(c2cc(Cl)ccc2Cl)NN1. The van der Waals surface area contributed by atoms with E-state index in [0.717, 1.165) is 5.56 Å². The Morgan fingerprint density at radius 3 is 2.67 bits per heavy atom.